The van der Waals surface area contributed by atoms with Crippen LogP contribution in [-0.4, -0.2) is 47.3 Å². The molecule has 0 saturated carbocycles. The Kier molecular flexibility index (Phi) is 3.15. The van der Waals surface area contributed by atoms with E-state index in [1.54, 1.807) is 0 Å². The molecular formula is C14H15F2N3O2. The third-order valence-corrected chi connectivity index (χ3v) is 4.10. The third kappa shape index (κ3) is 2.48. The molecule has 5 nitrogen and oxygen atoms in total. The zero-order valence-corrected chi connectivity index (χ0v) is 11.3. The van der Waals surface area contributed by atoms with E-state index in [0.717, 1.165) is 4.90 Å². The summed E-state index contributed by atoms with van der Waals surface area (Å²) in [6.07, 6.45) is 2.72. The summed E-state index contributed by atoms with van der Waals surface area (Å²) in [6.45, 7) is -0.231. The van der Waals surface area contributed by atoms with Crippen LogP contribution in [0.3, 0.4) is 0 Å². The molecule has 1 aromatic heterocycles. The van der Waals surface area contributed by atoms with Crippen LogP contribution in [0.2, 0.25) is 0 Å². The maximum atomic E-state index is 14.0. The van der Waals surface area contributed by atoms with Crippen LogP contribution in [0.4, 0.5) is 8.78 Å². The van der Waals surface area contributed by atoms with E-state index in [0.29, 0.717) is 18.5 Å². The van der Waals surface area contributed by atoms with E-state index in [1.165, 1.54) is 24.5 Å². The van der Waals surface area contributed by atoms with E-state index in [2.05, 4.69) is 10.3 Å². The highest BCUT2D eigenvalue weighted by atomic mass is 19.3. The van der Waals surface area contributed by atoms with Crippen molar-refractivity contribution in [3.63, 3.8) is 0 Å². The number of alkyl halides is 2. The van der Waals surface area contributed by atoms with Crippen molar-refractivity contribution < 1.29 is 18.4 Å². The van der Waals surface area contributed by atoms with Crippen molar-refractivity contribution in [2.75, 3.05) is 19.6 Å². The lowest BCUT2D eigenvalue weighted by molar-refractivity contribution is -0.144. The van der Waals surface area contributed by atoms with E-state index in [-0.39, 0.29) is 12.5 Å². The predicted molar refractivity (Wildman–Crippen MR) is 69.8 cm³/mol. The lowest BCUT2D eigenvalue weighted by Crippen LogP contribution is -2.56. The Morgan fingerprint density at radius 3 is 2.62 bits per heavy atom. The summed E-state index contributed by atoms with van der Waals surface area (Å²) in [5, 5.41) is 2.60. The third-order valence-electron chi connectivity index (χ3n) is 4.10. The number of hydrogen-bond donors (Lipinski definition) is 1. The molecule has 1 spiro atoms. The molecule has 0 bridgehead atoms. The number of piperidine rings is 1. The lowest BCUT2D eigenvalue weighted by Gasteiger charge is -2.42. The highest BCUT2D eigenvalue weighted by molar-refractivity contribution is 5.95. The Labute approximate surface area is 120 Å². The number of amides is 2. The van der Waals surface area contributed by atoms with Crippen LogP contribution in [0.15, 0.2) is 24.5 Å². The molecule has 112 valence electrons. The Hall–Kier alpha value is -2.05. The molecule has 2 amide bonds. The molecule has 0 aliphatic carbocycles. The van der Waals surface area contributed by atoms with E-state index >= 15 is 0 Å². The highest BCUT2D eigenvalue weighted by Crippen LogP contribution is 2.43. The topological polar surface area (TPSA) is 62.3 Å². The molecule has 1 atom stereocenters. The summed E-state index contributed by atoms with van der Waals surface area (Å²) < 4.78 is 28.0. The van der Waals surface area contributed by atoms with Gasteiger partial charge in [-0.25, -0.2) is 8.78 Å². The van der Waals surface area contributed by atoms with Crippen LogP contribution in [0.25, 0.3) is 0 Å². The number of hydrogen-bond acceptors (Lipinski definition) is 3. The van der Waals surface area contributed by atoms with Gasteiger partial charge in [-0.2, -0.15) is 0 Å². The summed E-state index contributed by atoms with van der Waals surface area (Å²) in [5.41, 5.74) is -0.860. The van der Waals surface area contributed by atoms with Gasteiger partial charge in [-0.3, -0.25) is 14.6 Å². The molecule has 0 aromatic carbocycles. The first kappa shape index (κ1) is 13.9. The van der Waals surface area contributed by atoms with Crippen molar-refractivity contribution >= 4 is 11.8 Å². The molecule has 21 heavy (non-hydrogen) atoms. The second kappa shape index (κ2) is 4.75. The minimum atomic E-state index is -3.05. The van der Waals surface area contributed by atoms with Crippen molar-refractivity contribution in [3.8, 4) is 0 Å². The molecule has 0 radical (unpaired) electrons. The maximum absolute atomic E-state index is 14.0. The van der Waals surface area contributed by atoms with Gasteiger partial charge in [0.1, 0.15) is 0 Å². The number of halogens is 2. The zero-order chi connectivity index (χ0) is 15.1. The molecule has 7 heteroatoms. The average Bonchev–Trinajstić information content (AvgIpc) is 2.77. The van der Waals surface area contributed by atoms with Gasteiger partial charge in [0.05, 0.1) is 12.0 Å². The van der Waals surface area contributed by atoms with Gasteiger partial charge in [-0.15, -0.1) is 0 Å². The Bertz CT molecular complexity index is 579. The van der Waals surface area contributed by atoms with Crippen molar-refractivity contribution in [1.29, 1.82) is 0 Å². The molecule has 2 saturated heterocycles. The molecule has 1 N–H and O–H groups in total. The molecule has 0 unspecified atom stereocenters. The standard InChI is InChI=1S/C14H15F2N3O2/c15-14(16)7-13(3-6-18-12(13)21)8-19(9-14)11(20)10-1-4-17-5-2-10/h1-2,4-5H,3,6-9H2,(H,18,21)/t13-/m0/s1. The first-order valence-corrected chi connectivity index (χ1v) is 6.77. The maximum Gasteiger partial charge on any atom is 0.266 e. The van der Waals surface area contributed by atoms with Gasteiger partial charge in [-0.1, -0.05) is 0 Å². The van der Waals surface area contributed by atoms with Gasteiger partial charge in [0, 0.05) is 37.5 Å². The van der Waals surface area contributed by atoms with E-state index in [1.807, 2.05) is 0 Å². The van der Waals surface area contributed by atoms with Gasteiger partial charge in [0.25, 0.3) is 11.8 Å². The first-order chi connectivity index (χ1) is 9.92. The fraction of sp³-hybridized carbons (Fsp3) is 0.500. The minimum absolute atomic E-state index is 0.0373. The molecule has 2 fully saturated rings. The van der Waals surface area contributed by atoms with Crippen molar-refractivity contribution in [1.82, 2.24) is 15.2 Å². The van der Waals surface area contributed by atoms with Gasteiger partial charge in [0.2, 0.25) is 5.91 Å². The lowest BCUT2D eigenvalue weighted by atomic mass is 9.77. The average molecular weight is 295 g/mol. The number of nitrogens with zero attached hydrogens (tertiary/aromatic N) is 2. The van der Waals surface area contributed by atoms with Crippen LogP contribution >= 0.6 is 0 Å². The number of rotatable bonds is 1. The minimum Gasteiger partial charge on any atom is -0.356 e. The predicted octanol–water partition coefficient (Wildman–Crippen LogP) is 1.07. The van der Waals surface area contributed by atoms with Crippen molar-refractivity contribution in [2.24, 2.45) is 5.41 Å². The second-order valence-corrected chi connectivity index (χ2v) is 5.72. The number of carbonyl (C=O) groups is 2. The van der Waals surface area contributed by atoms with Crippen LogP contribution < -0.4 is 5.32 Å². The second-order valence-electron chi connectivity index (χ2n) is 5.72. The Morgan fingerprint density at radius 2 is 2.00 bits per heavy atom. The first-order valence-electron chi connectivity index (χ1n) is 6.77. The Morgan fingerprint density at radius 1 is 1.29 bits per heavy atom. The van der Waals surface area contributed by atoms with Gasteiger partial charge in [-0.05, 0) is 18.6 Å². The fourth-order valence-corrected chi connectivity index (χ4v) is 3.16. The van der Waals surface area contributed by atoms with Crippen LogP contribution in [0.5, 0.6) is 0 Å². The van der Waals surface area contributed by atoms with Gasteiger partial charge in [0.15, 0.2) is 0 Å². The monoisotopic (exact) mass is 295 g/mol. The highest BCUT2D eigenvalue weighted by Gasteiger charge is 2.55. The smallest absolute Gasteiger partial charge is 0.266 e. The number of aromatic nitrogens is 1. The quantitative estimate of drug-likeness (QED) is 0.843. The van der Waals surface area contributed by atoms with Crippen LogP contribution in [0.1, 0.15) is 23.2 Å². The molecule has 1 aromatic rings. The number of pyridine rings is 1. The molecular weight excluding hydrogens is 280 g/mol. The number of nitrogens with one attached hydrogen (secondary N) is 1. The molecule has 3 rings (SSSR count). The van der Waals surface area contributed by atoms with Gasteiger partial charge < -0.3 is 10.2 Å². The largest absolute Gasteiger partial charge is 0.356 e. The molecule has 2 aliphatic heterocycles. The number of carbonyl (C=O) groups excluding carboxylic acids is 2. The fourth-order valence-electron chi connectivity index (χ4n) is 3.16. The summed E-state index contributed by atoms with van der Waals surface area (Å²) in [6, 6.07) is 2.97. The van der Waals surface area contributed by atoms with Crippen LogP contribution in [0, 0.1) is 5.41 Å². The molecule has 2 aliphatic rings. The summed E-state index contributed by atoms with van der Waals surface area (Å²) in [5.74, 6) is -3.92. The van der Waals surface area contributed by atoms with E-state index in [9.17, 15) is 18.4 Å². The zero-order valence-electron chi connectivity index (χ0n) is 11.3. The summed E-state index contributed by atoms with van der Waals surface area (Å²) in [4.78, 5) is 29.2. The number of likely N-dealkylation sites (tertiary alicyclic amines) is 1. The van der Waals surface area contributed by atoms with Crippen molar-refractivity contribution in [2.45, 2.75) is 18.8 Å². The molecule has 3 heterocycles. The summed E-state index contributed by atoms with van der Waals surface area (Å²) in [7, 11) is 0. The Balaban J connectivity index is 1.89. The normalized spacial score (nSPS) is 27.7. The van der Waals surface area contributed by atoms with Crippen LogP contribution in [-0.2, 0) is 4.79 Å². The van der Waals surface area contributed by atoms with E-state index < -0.39 is 30.2 Å². The van der Waals surface area contributed by atoms with E-state index in [4.69, 9.17) is 0 Å². The van der Waals surface area contributed by atoms with Crippen molar-refractivity contribution in [3.05, 3.63) is 30.1 Å². The SMILES string of the molecule is O=C(c1ccncc1)N1CC(F)(F)C[C@@]2(CCNC2=O)C1. The van der Waals surface area contributed by atoms with Gasteiger partial charge >= 0.3 is 0 Å². The summed E-state index contributed by atoms with van der Waals surface area (Å²) >= 11 is 0.